The Morgan fingerprint density at radius 2 is 2.00 bits per heavy atom. The number of aromatic nitrogens is 2. The zero-order chi connectivity index (χ0) is 17.6. The van der Waals surface area contributed by atoms with Gasteiger partial charge in [-0.1, -0.05) is 0 Å². The lowest BCUT2D eigenvalue weighted by Crippen LogP contribution is -2.50. The minimum absolute atomic E-state index is 0.0818. The summed E-state index contributed by atoms with van der Waals surface area (Å²) >= 11 is 1.52. The van der Waals surface area contributed by atoms with E-state index in [2.05, 4.69) is 20.4 Å². The van der Waals surface area contributed by atoms with E-state index in [0.29, 0.717) is 26.2 Å². The predicted molar refractivity (Wildman–Crippen MR) is 93.9 cm³/mol. The topological polar surface area (TPSA) is 98.4 Å². The lowest BCUT2D eigenvalue weighted by molar-refractivity contribution is 0.0638. The molecule has 0 bridgehead atoms. The highest BCUT2D eigenvalue weighted by Gasteiger charge is 2.22. The second-order valence-corrected chi connectivity index (χ2v) is 6.49. The van der Waals surface area contributed by atoms with Gasteiger partial charge in [-0.05, 0) is 17.5 Å². The molecule has 1 aliphatic heterocycles. The van der Waals surface area contributed by atoms with E-state index in [0.717, 1.165) is 18.7 Å². The number of piperazine rings is 1. The Balaban J connectivity index is 1.39. The van der Waals surface area contributed by atoms with Gasteiger partial charge in [-0.2, -0.15) is 16.4 Å². The van der Waals surface area contributed by atoms with Crippen molar-refractivity contribution in [3.8, 4) is 0 Å². The standard InChI is InChI=1S/C16H19N5O3S/c22-14-2-1-13(18-19-14)15(23)17-4-5-20-6-8-21(9-7-20)16(24)12-3-10-25-11-12/h1-3,10-11H,4-9H2,(H,17,23)(H,19,22). The van der Waals surface area contributed by atoms with Crippen LogP contribution in [0.1, 0.15) is 20.8 Å². The number of thiophene rings is 1. The van der Waals surface area contributed by atoms with Crippen molar-refractivity contribution in [2.75, 3.05) is 39.3 Å². The minimum Gasteiger partial charge on any atom is -0.349 e. The lowest BCUT2D eigenvalue weighted by Gasteiger charge is -2.34. The van der Waals surface area contributed by atoms with Gasteiger partial charge in [-0.15, -0.1) is 0 Å². The van der Waals surface area contributed by atoms with Crippen LogP contribution in [0.4, 0.5) is 0 Å². The van der Waals surface area contributed by atoms with E-state index < -0.39 is 0 Å². The molecule has 2 aromatic rings. The Morgan fingerprint density at radius 1 is 1.20 bits per heavy atom. The maximum absolute atomic E-state index is 12.3. The third-order valence-corrected chi connectivity index (χ3v) is 4.74. The highest BCUT2D eigenvalue weighted by atomic mass is 32.1. The molecule has 3 rings (SSSR count). The fourth-order valence-corrected chi connectivity index (χ4v) is 3.26. The molecule has 0 spiro atoms. The molecule has 1 saturated heterocycles. The number of nitrogens with zero attached hydrogens (tertiary/aromatic N) is 3. The largest absolute Gasteiger partial charge is 0.349 e. The van der Waals surface area contributed by atoms with E-state index in [1.165, 1.54) is 23.5 Å². The third-order valence-electron chi connectivity index (χ3n) is 4.05. The van der Waals surface area contributed by atoms with Gasteiger partial charge >= 0.3 is 0 Å². The highest BCUT2D eigenvalue weighted by molar-refractivity contribution is 7.08. The molecule has 0 atom stereocenters. The van der Waals surface area contributed by atoms with Crippen LogP contribution < -0.4 is 10.9 Å². The van der Waals surface area contributed by atoms with Crippen LogP contribution in [0.5, 0.6) is 0 Å². The SMILES string of the molecule is O=C(NCCN1CCN(C(=O)c2ccsc2)CC1)c1ccc(=O)[nH]n1. The Hall–Kier alpha value is -2.52. The van der Waals surface area contributed by atoms with E-state index in [-0.39, 0.29) is 23.1 Å². The van der Waals surface area contributed by atoms with Gasteiger partial charge in [0.25, 0.3) is 17.4 Å². The van der Waals surface area contributed by atoms with Gasteiger partial charge in [0.15, 0.2) is 0 Å². The second kappa shape index (κ2) is 8.04. The zero-order valence-electron chi connectivity index (χ0n) is 13.6. The summed E-state index contributed by atoms with van der Waals surface area (Å²) in [7, 11) is 0. The average Bonchev–Trinajstić information content (AvgIpc) is 3.17. The highest BCUT2D eigenvalue weighted by Crippen LogP contribution is 2.11. The maximum Gasteiger partial charge on any atom is 0.271 e. The molecule has 2 aromatic heterocycles. The summed E-state index contributed by atoms with van der Waals surface area (Å²) < 4.78 is 0. The van der Waals surface area contributed by atoms with Crippen molar-refractivity contribution in [2.24, 2.45) is 0 Å². The van der Waals surface area contributed by atoms with Crippen LogP contribution in [-0.4, -0.2) is 71.1 Å². The molecule has 25 heavy (non-hydrogen) atoms. The average molecular weight is 361 g/mol. The van der Waals surface area contributed by atoms with Gasteiger partial charge in [0.05, 0.1) is 5.56 Å². The van der Waals surface area contributed by atoms with Gasteiger partial charge in [0, 0.05) is 50.7 Å². The predicted octanol–water partition coefficient (Wildman–Crippen LogP) is 0.0192. The van der Waals surface area contributed by atoms with Gasteiger partial charge in [0.1, 0.15) is 5.69 Å². The first-order chi connectivity index (χ1) is 12.1. The fraction of sp³-hybridized carbons (Fsp3) is 0.375. The van der Waals surface area contributed by atoms with Crippen molar-refractivity contribution in [1.82, 2.24) is 25.3 Å². The summed E-state index contributed by atoms with van der Waals surface area (Å²) in [6, 6.07) is 4.51. The molecule has 0 aromatic carbocycles. The molecule has 0 radical (unpaired) electrons. The number of aromatic amines is 1. The van der Waals surface area contributed by atoms with Gasteiger partial charge in [0.2, 0.25) is 0 Å². The number of carbonyl (C=O) groups is 2. The first-order valence-corrected chi connectivity index (χ1v) is 8.95. The smallest absolute Gasteiger partial charge is 0.271 e. The number of carbonyl (C=O) groups excluding carboxylic acids is 2. The Kier molecular flexibility index (Phi) is 5.56. The van der Waals surface area contributed by atoms with Crippen molar-refractivity contribution in [1.29, 1.82) is 0 Å². The zero-order valence-corrected chi connectivity index (χ0v) is 14.4. The normalized spacial score (nSPS) is 15.1. The number of hydrogen-bond donors (Lipinski definition) is 2. The molecule has 3 heterocycles. The van der Waals surface area contributed by atoms with E-state index in [4.69, 9.17) is 0 Å². The van der Waals surface area contributed by atoms with Crippen LogP contribution in [0.3, 0.4) is 0 Å². The van der Waals surface area contributed by atoms with Crippen molar-refractivity contribution >= 4 is 23.2 Å². The third kappa shape index (κ3) is 4.52. The first-order valence-electron chi connectivity index (χ1n) is 8.01. The minimum atomic E-state index is -0.341. The number of nitrogens with one attached hydrogen (secondary N) is 2. The lowest BCUT2D eigenvalue weighted by atomic mass is 10.2. The van der Waals surface area contributed by atoms with Crippen LogP contribution in [0, 0.1) is 0 Å². The summed E-state index contributed by atoms with van der Waals surface area (Å²) in [5, 5.41) is 12.5. The van der Waals surface area contributed by atoms with Crippen LogP contribution in [0.2, 0.25) is 0 Å². The van der Waals surface area contributed by atoms with Crippen LogP contribution >= 0.6 is 11.3 Å². The summed E-state index contributed by atoms with van der Waals surface area (Å²) in [6.07, 6.45) is 0. The van der Waals surface area contributed by atoms with Crippen molar-refractivity contribution in [3.63, 3.8) is 0 Å². The molecule has 9 heteroatoms. The summed E-state index contributed by atoms with van der Waals surface area (Å²) in [5.74, 6) is -0.235. The molecule has 2 N–H and O–H groups in total. The first kappa shape index (κ1) is 17.3. The van der Waals surface area contributed by atoms with Gasteiger partial charge in [-0.3, -0.25) is 19.3 Å². The molecule has 1 aliphatic rings. The Labute approximate surface area is 148 Å². The monoisotopic (exact) mass is 361 g/mol. The van der Waals surface area contributed by atoms with E-state index in [1.54, 1.807) is 0 Å². The molecule has 132 valence electrons. The van der Waals surface area contributed by atoms with Crippen LogP contribution in [-0.2, 0) is 0 Å². The molecule has 0 unspecified atom stereocenters. The van der Waals surface area contributed by atoms with Crippen molar-refractivity contribution in [3.05, 3.63) is 50.6 Å². The second-order valence-electron chi connectivity index (χ2n) is 5.71. The number of rotatable bonds is 5. The van der Waals surface area contributed by atoms with E-state index in [9.17, 15) is 14.4 Å². The summed E-state index contributed by atoms with van der Waals surface area (Å²) in [5.41, 5.74) is 0.594. The fourth-order valence-electron chi connectivity index (χ4n) is 2.63. The molecule has 0 aliphatic carbocycles. The van der Waals surface area contributed by atoms with E-state index >= 15 is 0 Å². The van der Waals surface area contributed by atoms with Crippen LogP contribution in [0.25, 0.3) is 0 Å². The molecular weight excluding hydrogens is 342 g/mol. The number of amides is 2. The van der Waals surface area contributed by atoms with Gasteiger partial charge in [-0.25, -0.2) is 5.10 Å². The Morgan fingerprint density at radius 3 is 2.64 bits per heavy atom. The van der Waals surface area contributed by atoms with Crippen molar-refractivity contribution < 1.29 is 9.59 Å². The number of H-pyrrole nitrogens is 1. The molecule has 8 nitrogen and oxygen atoms in total. The van der Waals surface area contributed by atoms with E-state index in [1.807, 2.05) is 21.7 Å². The summed E-state index contributed by atoms with van der Waals surface area (Å²) in [4.78, 5) is 39.2. The maximum atomic E-state index is 12.3. The quantitative estimate of drug-likeness (QED) is 0.782. The summed E-state index contributed by atoms with van der Waals surface area (Å²) in [6.45, 7) is 4.12. The molecule has 1 fully saturated rings. The Bertz CT molecular complexity index is 761. The molecule has 0 saturated carbocycles. The van der Waals surface area contributed by atoms with Crippen molar-refractivity contribution in [2.45, 2.75) is 0 Å². The molecule has 2 amide bonds. The molecular formula is C16H19N5O3S. The van der Waals surface area contributed by atoms with Gasteiger partial charge < -0.3 is 10.2 Å². The van der Waals surface area contributed by atoms with Crippen LogP contribution in [0.15, 0.2) is 33.8 Å². The number of hydrogen-bond acceptors (Lipinski definition) is 6.